The summed E-state index contributed by atoms with van der Waals surface area (Å²) in [6.07, 6.45) is 0. The Bertz CT molecular complexity index is 372. The van der Waals surface area contributed by atoms with E-state index in [0.29, 0.717) is 11.4 Å². The van der Waals surface area contributed by atoms with E-state index in [-0.39, 0.29) is 12.5 Å². The molecular weight excluding hydrogens is 196 g/mol. The zero-order valence-electron chi connectivity index (χ0n) is 7.97. The summed E-state index contributed by atoms with van der Waals surface area (Å²) >= 11 is 0. The van der Waals surface area contributed by atoms with Crippen LogP contribution in [0.2, 0.25) is 0 Å². The predicted octanol–water partition coefficient (Wildman–Crippen LogP) is -0.111. The standard InChI is InChI=1S/C9H12N4O2/c10-6-1-3-7(4-2-6)13-9(11)12-5-8(14)15/h1-4H,5,10H2,(H,14,15)(H3,11,12,13). The largest absolute Gasteiger partial charge is 0.480 e. The Morgan fingerprint density at radius 2 is 2.00 bits per heavy atom. The summed E-state index contributed by atoms with van der Waals surface area (Å²) in [5.74, 6) is -0.937. The molecule has 0 aliphatic rings. The highest BCUT2D eigenvalue weighted by atomic mass is 16.4. The number of hydrogen-bond donors (Lipinski definition) is 4. The number of carbonyl (C=O) groups is 1. The van der Waals surface area contributed by atoms with Crippen LogP contribution in [0, 0.1) is 0 Å². The van der Waals surface area contributed by atoms with E-state index in [1.165, 1.54) is 0 Å². The molecule has 15 heavy (non-hydrogen) atoms. The summed E-state index contributed by atoms with van der Waals surface area (Å²) in [6, 6.07) is 6.74. The smallest absolute Gasteiger partial charge is 0.322 e. The van der Waals surface area contributed by atoms with E-state index in [0.717, 1.165) is 0 Å². The van der Waals surface area contributed by atoms with Gasteiger partial charge < -0.3 is 21.9 Å². The third-order valence-electron chi connectivity index (χ3n) is 1.56. The van der Waals surface area contributed by atoms with Gasteiger partial charge in [-0.15, -0.1) is 0 Å². The number of nitrogens with one attached hydrogen (secondary N) is 1. The van der Waals surface area contributed by atoms with Crippen LogP contribution in [-0.4, -0.2) is 23.6 Å². The molecule has 6 heteroatoms. The average molecular weight is 208 g/mol. The lowest BCUT2D eigenvalue weighted by molar-refractivity contribution is -0.135. The van der Waals surface area contributed by atoms with Gasteiger partial charge in [0.1, 0.15) is 6.54 Å². The summed E-state index contributed by atoms with van der Waals surface area (Å²) in [6.45, 7) is -0.260. The fourth-order valence-electron chi connectivity index (χ4n) is 0.894. The lowest BCUT2D eigenvalue weighted by atomic mass is 10.3. The Morgan fingerprint density at radius 1 is 1.40 bits per heavy atom. The number of carboxylic acid groups (broad SMARTS) is 1. The van der Waals surface area contributed by atoms with E-state index in [9.17, 15) is 4.79 Å². The Kier molecular flexibility index (Phi) is 3.50. The summed E-state index contributed by atoms with van der Waals surface area (Å²) in [5.41, 5.74) is 12.2. The molecule has 80 valence electrons. The van der Waals surface area contributed by atoms with Gasteiger partial charge in [-0.1, -0.05) is 0 Å². The summed E-state index contributed by atoms with van der Waals surface area (Å²) in [4.78, 5) is 14.1. The molecule has 0 saturated carbocycles. The second-order valence-electron chi connectivity index (χ2n) is 2.84. The maximum absolute atomic E-state index is 10.2. The maximum Gasteiger partial charge on any atom is 0.322 e. The van der Waals surface area contributed by atoms with Crippen molar-refractivity contribution in [3.05, 3.63) is 24.3 Å². The molecule has 6 nitrogen and oxygen atoms in total. The van der Waals surface area contributed by atoms with Crippen molar-refractivity contribution in [2.24, 2.45) is 10.7 Å². The van der Waals surface area contributed by atoms with Crippen LogP contribution in [0.5, 0.6) is 0 Å². The van der Waals surface area contributed by atoms with E-state index >= 15 is 0 Å². The number of benzene rings is 1. The van der Waals surface area contributed by atoms with Crippen molar-refractivity contribution < 1.29 is 9.90 Å². The molecule has 1 aromatic carbocycles. The number of carboxylic acids is 1. The van der Waals surface area contributed by atoms with E-state index in [2.05, 4.69) is 10.3 Å². The zero-order chi connectivity index (χ0) is 11.3. The predicted molar refractivity (Wildman–Crippen MR) is 57.8 cm³/mol. The minimum Gasteiger partial charge on any atom is -0.480 e. The monoisotopic (exact) mass is 208 g/mol. The first kappa shape index (κ1) is 10.8. The normalized spacial score (nSPS) is 11.1. The van der Waals surface area contributed by atoms with Gasteiger partial charge in [-0.25, -0.2) is 4.99 Å². The number of aliphatic imine (C=N–C) groups is 1. The van der Waals surface area contributed by atoms with Crippen LogP contribution in [0.15, 0.2) is 29.3 Å². The van der Waals surface area contributed by atoms with Crippen molar-refractivity contribution in [2.75, 3.05) is 12.3 Å². The third-order valence-corrected chi connectivity index (χ3v) is 1.56. The fraction of sp³-hybridized carbons (Fsp3) is 0.111. The Morgan fingerprint density at radius 3 is 2.53 bits per heavy atom. The molecule has 0 aliphatic carbocycles. The highest BCUT2D eigenvalue weighted by Gasteiger charge is 1.97. The number of nitrogen functional groups attached to an aromatic ring is 1. The van der Waals surface area contributed by atoms with Gasteiger partial charge in [0, 0.05) is 5.69 Å². The molecular formula is C9H12N4O2. The minimum absolute atomic E-state index is 0.0576. The first-order valence-corrected chi connectivity index (χ1v) is 4.23. The molecule has 1 rings (SSSR count). The molecule has 0 heterocycles. The SMILES string of the molecule is NC(=Nc1ccc(N)cc1)NCC(=O)O. The third kappa shape index (κ3) is 3.99. The molecule has 0 saturated heterocycles. The van der Waals surface area contributed by atoms with Crippen LogP contribution in [0.25, 0.3) is 0 Å². The Labute approximate surface area is 86.6 Å². The van der Waals surface area contributed by atoms with Crippen molar-refractivity contribution in [3.63, 3.8) is 0 Å². The highest BCUT2D eigenvalue weighted by Crippen LogP contribution is 2.13. The number of nitrogens with two attached hydrogens (primary N) is 2. The van der Waals surface area contributed by atoms with Gasteiger partial charge in [-0.2, -0.15) is 0 Å². The number of hydrogen-bond acceptors (Lipinski definition) is 3. The van der Waals surface area contributed by atoms with E-state index in [4.69, 9.17) is 16.6 Å². The number of rotatable bonds is 3. The lowest BCUT2D eigenvalue weighted by Gasteiger charge is -2.01. The molecule has 1 aromatic rings. The second-order valence-corrected chi connectivity index (χ2v) is 2.84. The van der Waals surface area contributed by atoms with Crippen LogP contribution in [0.4, 0.5) is 11.4 Å². The number of aliphatic carboxylic acids is 1. The quantitative estimate of drug-likeness (QED) is 0.314. The van der Waals surface area contributed by atoms with Gasteiger partial charge >= 0.3 is 5.97 Å². The molecule has 0 bridgehead atoms. The van der Waals surface area contributed by atoms with Crippen LogP contribution in [-0.2, 0) is 4.79 Å². The summed E-state index contributed by atoms with van der Waals surface area (Å²) in [7, 11) is 0. The summed E-state index contributed by atoms with van der Waals surface area (Å²) in [5, 5.41) is 10.8. The molecule has 0 aliphatic heterocycles. The summed E-state index contributed by atoms with van der Waals surface area (Å²) < 4.78 is 0. The average Bonchev–Trinajstić information content (AvgIpc) is 2.19. The van der Waals surface area contributed by atoms with Gasteiger partial charge in [0.2, 0.25) is 0 Å². The van der Waals surface area contributed by atoms with Crippen molar-refractivity contribution in [1.29, 1.82) is 0 Å². The van der Waals surface area contributed by atoms with Gasteiger partial charge in [-0.05, 0) is 24.3 Å². The van der Waals surface area contributed by atoms with E-state index in [1.54, 1.807) is 24.3 Å². The number of nitrogens with zero attached hydrogens (tertiary/aromatic N) is 1. The van der Waals surface area contributed by atoms with E-state index < -0.39 is 5.97 Å². The van der Waals surface area contributed by atoms with Crippen molar-refractivity contribution in [3.8, 4) is 0 Å². The second kappa shape index (κ2) is 4.85. The molecule has 0 atom stereocenters. The highest BCUT2D eigenvalue weighted by molar-refractivity contribution is 5.84. The van der Waals surface area contributed by atoms with Crippen LogP contribution in [0.3, 0.4) is 0 Å². The first-order chi connectivity index (χ1) is 7.08. The van der Waals surface area contributed by atoms with Crippen molar-refractivity contribution >= 4 is 23.3 Å². The molecule has 0 fully saturated rings. The van der Waals surface area contributed by atoms with Gasteiger partial charge in [0.25, 0.3) is 0 Å². The maximum atomic E-state index is 10.2. The van der Waals surface area contributed by atoms with Crippen molar-refractivity contribution in [1.82, 2.24) is 5.32 Å². The zero-order valence-corrected chi connectivity index (χ0v) is 7.97. The molecule has 0 spiro atoms. The minimum atomic E-state index is -0.995. The topological polar surface area (TPSA) is 114 Å². The fourth-order valence-corrected chi connectivity index (χ4v) is 0.894. The number of guanidine groups is 1. The van der Waals surface area contributed by atoms with E-state index in [1.807, 2.05) is 0 Å². The Hall–Kier alpha value is -2.24. The number of anilines is 1. The molecule has 0 unspecified atom stereocenters. The van der Waals surface area contributed by atoms with Gasteiger partial charge in [0.15, 0.2) is 5.96 Å². The van der Waals surface area contributed by atoms with Gasteiger partial charge in [-0.3, -0.25) is 4.79 Å². The van der Waals surface area contributed by atoms with Crippen LogP contribution >= 0.6 is 0 Å². The molecule has 6 N–H and O–H groups in total. The first-order valence-electron chi connectivity index (χ1n) is 4.23. The van der Waals surface area contributed by atoms with Gasteiger partial charge in [0.05, 0.1) is 5.69 Å². The molecule has 0 radical (unpaired) electrons. The van der Waals surface area contributed by atoms with Crippen LogP contribution < -0.4 is 16.8 Å². The molecule has 0 aromatic heterocycles. The Balaban J connectivity index is 2.62. The van der Waals surface area contributed by atoms with Crippen molar-refractivity contribution in [2.45, 2.75) is 0 Å². The van der Waals surface area contributed by atoms with Crippen LogP contribution in [0.1, 0.15) is 0 Å². The molecule has 0 amide bonds. The lowest BCUT2D eigenvalue weighted by Crippen LogP contribution is -2.35.